The van der Waals surface area contributed by atoms with Gasteiger partial charge in [-0.2, -0.15) is 9.78 Å². The van der Waals surface area contributed by atoms with Gasteiger partial charge in [-0.1, -0.05) is 44.7 Å². The number of aromatic nitrogens is 3. The molecule has 1 heterocycles. The molecule has 0 amide bonds. The second-order valence-corrected chi connectivity index (χ2v) is 8.81. The molecular formula is C23H26F2N4O2S. The zero-order valence-corrected chi connectivity index (χ0v) is 19.5. The van der Waals surface area contributed by atoms with Crippen LogP contribution in [0, 0.1) is 0 Å². The Balaban J connectivity index is 1.79. The molecule has 3 aromatic rings. The molecule has 0 aliphatic rings. The van der Waals surface area contributed by atoms with Gasteiger partial charge < -0.3 is 9.47 Å². The Morgan fingerprint density at radius 2 is 1.84 bits per heavy atom. The van der Waals surface area contributed by atoms with Gasteiger partial charge in [0.2, 0.25) is 11.0 Å². The minimum Gasteiger partial charge on any atom is -0.496 e. The second-order valence-electron chi connectivity index (χ2n) is 8.04. The minimum atomic E-state index is -2.77. The molecule has 0 aliphatic carbocycles. The Morgan fingerprint density at radius 1 is 1.12 bits per heavy atom. The van der Waals surface area contributed by atoms with E-state index in [9.17, 15) is 8.78 Å². The largest absolute Gasteiger partial charge is 0.496 e. The zero-order valence-electron chi connectivity index (χ0n) is 18.7. The highest BCUT2D eigenvalue weighted by atomic mass is 32.2. The Hall–Kier alpha value is -2.94. The molecule has 9 heteroatoms. The fourth-order valence-electron chi connectivity index (χ4n) is 2.98. The van der Waals surface area contributed by atoms with Gasteiger partial charge in [-0.05, 0) is 53.1 Å². The summed E-state index contributed by atoms with van der Waals surface area (Å²) in [6, 6.07) is 13.4. The summed E-state index contributed by atoms with van der Waals surface area (Å²) >= 11 is 1.19. The number of halogens is 2. The topological polar surface area (TPSA) is 61.5 Å². The summed E-state index contributed by atoms with van der Waals surface area (Å²) < 4.78 is 38.8. The fourth-order valence-corrected chi connectivity index (χ4v) is 3.41. The van der Waals surface area contributed by atoms with Gasteiger partial charge in [0.1, 0.15) is 18.1 Å². The zero-order chi connectivity index (χ0) is 23.3. The van der Waals surface area contributed by atoms with Crippen molar-refractivity contribution in [2.24, 2.45) is 5.10 Å². The summed E-state index contributed by atoms with van der Waals surface area (Å²) in [7, 11) is 1.58. The molecule has 0 spiro atoms. The average molecular weight is 461 g/mol. The van der Waals surface area contributed by atoms with E-state index < -0.39 is 12.2 Å². The number of nitrogens with zero attached hydrogens (tertiary/aromatic N) is 4. The summed E-state index contributed by atoms with van der Waals surface area (Å²) in [6.45, 7) is 6.76. The maximum atomic E-state index is 13.2. The van der Waals surface area contributed by atoms with E-state index >= 15 is 0 Å². The van der Waals surface area contributed by atoms with Crippen LogP contribution in [0.5, 0.6) is 11.5 Å². The fraction of sp³-hybridized carbons (Fsp3) is 0.348. The van der Waals surface area contributed by atoms with Crippen molar-refractivity contribution in [3.63, 3.8) is 0 Å². The molecule has 2 aromatic carbocycles. The van der Waals surface area contributed by atoms with E-state index in [0.29, 0.717) is 11.3 Å². The van der Waals surface area contributed by atoms with E-state index in [-0.39, 0.29) is 17.2 Å². The van der Waals surface area contributed by atoms with Gasteiger partial charge in [-0.15, -0.1) is 10.2 Å². The molecule has 0 unspecified atom stereocenters. The van der Waals surface area contributed by atoms with Gasteiger partial charge in [0.15, 0.2) is 0 Å². The molecule has 0 saturated heterocycles. The van der Waals surface area contributed by atoms with Crippen molar-refractivity contribution in [2.75, 3.05) is 13.4 Å². The van der Waals surface area contributed by atoms with Crippen molar-refractivity contribution in [1.82, 2.24) is 14.9 Å². The molecule has 1 aromatic heterocycles. The Labute approximate surface area is 190 Å². The van der Waals surface area contributed by atoms with Crippen LogP contribution in [-0.4, -0.2) is 34.5 Å². The number of rotatable bonds is 8. The van der Waals surface area contributed by atoms with E-state index in [2.05, 4.69) is 48.2 Å². The van der Waals surface area contributed by atoms with E-state index in [0.717, 1.165) is 16.0 Å². The molecular weight excluding hydrogens is 434 g/mol. The number of alkyl halides is 2. The number of methoxy groups -OCH3 is 1. The highest BCUT2D eigenvalue weighted by molar-refractivity contribution is 7.98. The van der Waals surface area contributed by atoms with Crippen LogP contribution < -0.4 is 9.47 Å². The first kappa shape index (κ1) is 23.7. The molecule has 6 nitrogen and oxygen atoms in total. The van der Waals surface area contributed by atoms with E-state index in [1.165, 1.54) is 23.5 Å². The van der Waals surface area contributed by atoms with E-state index in [1.54, 1.807) is 25.5 Å². The summed E-state index contributed by atoms with van der Waals surface area (Å²) in [5.74, 6) is 0.909. The lowest BCUT2D eigenvalue weighted by molar-refractivity contribution is 0.135. The maximum Gasteiger partial charge on any atom is 0.299 e. The molecule has 170 valence electrons. The lowest BCUT2D eigenvalue weighted by Gasteiger charge is -2.19. The van der Waals surface area contributed by atoms with Gasteiger partial charge in [0, 0.05) is 5.56 Å². The highest BCUT2D eigenvalue weighted by Gasteiger charge is 2.19. The summed E-state index contributed by atoms with van der Waals surface area (Å²) in [5.41, 5.74) is 2.80. The molecule has 0 bridgehead atoms. The smallest absolute Gasteiger partial charge is 0.299 e. The lowest BCUT2D eigenvalue weighted by Crippen LogP contribution is -2.10. The van der Waals surface area contributed by atoms with Gasteiger partial charge >= 0.3 is 0 Å². The monoisotopic (exact) mass is 460 g/mol. The predicted molar refractivity (Wildman–Crippen MR) is 122 cm³/mol. The molecule has 0 atom stereocenters. The normalized spacial score (nSPS) is 12.0. The minimum absolute atomic E-state index is 0.0699. The van der Waals surface area contributed by atoms with Crippen molar-refractivity contribution in [3.8, 4) is 11.5 Å². The van der Waals surface area contributed by atoms with Crippen LogP contribution in [0.4, 0.5) is 8.78 Å². The van der Waals surface area contributed by atoms with Crippen LogP contribution in [0.25, 0.3) is 0 Å². The van der Waals surface area contributed by atoms with Gasteiger partial charge in [0.25, 0.3) is 6.43 Å². The first-order valence-electron chi connectivity index (χ1n) is 9.95. The second kappa shape index (κ2) is 10.1. The molecule has 0 fully saturated rings. The van der Waals surface area contributed by atoms with Crippen LogP contribution >= 0.6 is 11.8 Å². The Bertz CT molecular complexity index is 1080. The molecule has 0 N–H and O–H groups in total. The summed E-state index contributed by atoms with van der Waals surface area (Å²) in [4.78, 5) is 0. The first-order valence-corrected chi connectivity index (χ1v) is 11.2. The molecule has 0 saturated carbocycles. The van der Waals surface area contributed by atoms with Gasteiger partial charge in [-0.25, -0.2) is 8.78 Å². The number of hydrogen-bond acceptors (Lipinski definition) is 6. The van der Waals surface area contributed by atoms with E-state index in [1.807, 2.05) is 18.2 Å². The van der Waals surface area contributed by atoms with Crippen LogP contribution in [0.1, 0.15) is 49.7 Å². The van der Waals surface area contributed by atoms with E-state index in [4.69, 9.17) is 9.47 Å². The predicted octanol–water partition coefficient (Wildman–Crippen LogP) is 5.70. The van der Waals surface area contributed by atoms with Gasteiger partial charge in [0.05, 0.1) is 13.3 Å². The number of benzene rings is 2. The average Bonchev–Trinajstić information content (AvgIpc) is 3.19. The third-order valence-electron chi connectivity index (χ3n) is 4.76. The molecule has 0 aliphatic heterocycles. The molecule has 3 rings (SSSR count). The highest BCUT2D eigenvalue weighted by Crippen LogP contribution is 2.26. The van der Waals surface area contributed by atoms with Crippen molar-refractivity contribution in [1.29, 1.82) is 0 Å². The SMILES string of the molecule is COc1ccc(/C=N\n2c(SC)nnc2C(F)F)cc1COc1ccc(C(C)(C)C)cc1. The van der Waals surface area contributed by atoms with Crippen molar-refractivity contribution in [3.05, 3.63) is 65.0 Å². The van der Waals surface area contributed by atoms with Crippen molar-refractivity contribution in [2.45, 2.75) is 44.4 Å². The van der Waals surface area contributed by atoms with Crippen molar-refractivity contribution < 1.29 is 18.3 Å². The summed E-state index contributed by atoms with van der Waals surface area (Å²) in [6.07, 6.45) is 0.433. The standard InChI is InChI=1S/C23H26F2N4O2S/c1-23(2,3)17-7-9-18(10-8-17)31-14-16-12-15(6-11-19(16)30-4)13-26-29-21(20(24)25)27-28-22(29)32-5/h6-13,20H,14H2,1-5H3/b26-13-. The Kier molecular flexibility index (Phi) is 7.50. The van der Waals surface area contributed by atoms with Crippen LogP contribution in [0.2, 0.25) is 0 Å². The van der Waals surface area contributed by atoms with Gasteiger partial charge in [-0.3, -0.25) is 0 Å². The number of ether oxygens (including phenoxy) is 2. The third kappa shape index (κ3) is 5.64. The first-order chi connectivity index (χ1) is 15.2. The van der Waals surface area contributed by atoms with Crippen LogP contribution in [0.15, 0.2) is 52.7 Å². The van der Waals surface area contributed by atoms with Crippen LogP contribution in [0.3, 0.4) is 0 Å². The van der Waals surface area contributed by atoms with Crippen molar-refractivity contribution >= 4 is 18.0 Å². The Morgan fingerprint density at radius 3 is 2.44 bits per heavy atom. The summed E-state index contributed by atoms with van der Waals surface area (Å²) in [5, 5.41) is 11.7. The lowest BCUT2D eigenvalue weighted by atomic mass is 9.87. The molecule has 32 heavy (non-hydrogen) atoms. The third-order valence-corrected chi connectivity index (χ3v) is 5.38. The number of thioether (sulfide) groups is 1. The maximum absolute atomic E-state index is 13.2. The molecule has 0 radical (unpaired) electrons. The quantitative estimate of drug-likeness (QED) is 0.319. The van der Waals surface area contributed by atoms with Crippen LogP contribution in [-0.2, 0) is 12.0 Å². The number of hydrogen-bond donors (Lipinski definition) is 0.